The lowest BCUT2D eigenvalue weighted by Crippen LogP contribution is -2.48. The van der Waals surface area contributed by atoms with E-state index in [2.05, 4.69) is 26.8 Å². The average Bonchev–Trinajstić information content (AvgIpc) is 3.30. The Kier molecular flexibility index (Phi) is 6.16. The summed E-state index contributed by atoms with van der Waals surface area (Å²) in [5.74, 6) is 1.06. The van der Waals surface area contributed by atoms with Crippen LogP contribution in [0.3, 0.4) is 0 Å². The lowest BCUT2D eigenvalue weighted by atomic mass is 10.2. The van der Waals surface area contributed by atoms with Gasteiger partial charge in [0.1, 0.15) is 11.6 Å². The molecule has 0 radical (unpaired) electrons. The Labute approximate surface area is 200 Å². The van der Waals surface area contributed by atoms with Gasteiger partial charge in [-0.25, -0.2) is 9.37 Å². The lowest BCUT2D eigenvalue weighted by Gasteiger charge is -2.36. The van der Waals surface area contributed by atoms with Crippen molar-refractivity contribution >= 4 is 17.7 Å². The van der Waals surface area contributed by atoms with Gasteiger partial charge < -0.3 is 14.7 Å². The molecule has 35 heavy (non-hydrogen) atoms. The van der Waals surface area contributed by atoms with E-state index in [0.717, 1.165) is 25.5 Å². The third-order valence-electron chi connectivity index (χ3n) is 6.48. The number of nitrogens with zero attached hydrogens (tertiary/aromatic N) is 7. The molecule has 2 fully saturated rings. The minimum atomic E-state index is -4.47. The van der Waals surface area contributed by atoms with Crippen LogP contribution in [0.4, 0.5) is 35.3 Å². The third-order valence-corrected chi connectivity index (χ3v) is 6.48. The SMILES string of the molecule is CC1CCCN1c1nc(-c2ccc(F)cc2)nc(N2CCN(c3ncccc3C(F)(F)F)CC2)n1. The molecule has 11 heteroatoms. The van der Waals surface area contributed by atoms with Gasteiger partial charge in [-0.2, -0.15) is 28.1 Å². The van der Waals surface area contributed by atoms with Gasteiger partial charge in [0.05, 0.1) is 5.56 Å². The Morgan fingerprint density at radius 3 is 2.20 bits per heavy atom. The van der Waals surface area contributed by atoms with Crippen LogP contribution in [0.5, 0.6) is 0 Å². The summed E-state index contributed by atoms with van der Waals surface area (Å²) >= 11 is 0. The van der Waals surface area contributed by atoms with E-state index < -0.39 is 11.7 Å². The number of hydrogen-bond acceptors (Lipinski definition) is 7. The van der Waals surface area contributed by atoms with Crippen molar-refractivity contribution in [2.75, 3.05) is 47.4 Å². The number of halogens is 4. The predicted molar refractivity (Wildman–Crippen MR) is 125 cm³/mol. The van der Waals surface area contributed by atoms with Gasteiger partial charge in [-0.3, -0.25) is 0 Å². The number of piperazine rings is 1. The summed E-state index contributed by atoms with van der Waals surface area (Å²) in [6.07, 6.45) is -1.02. The van der Waals surface area contributed by atoms with E-state index in [1.807, 2.05) is 4.90 Å². The minimum absolute atomic E-state index is 0.0612. The van der Waals surface area contributed by atoms with Crippen molar-refractivity contribution in [3.63, 3.8) is 0 Å². The minimum Gasteiger partial charge on any atom is -0.353 e. The summed E-state index contributed by atoms with van der Waals surface area (Å²) in [6, 6.07) is 8.62. The van der Waals surface area contributed by atoms with Crippen molar-refractivity contribution in [1.29, 1.82) is 0 Å². The highest BCUT2D eigenvalue weighted by Gasteiger charge is 2.36. The largest absolute Gasteiger partial charge is 0.419 e. The van der Waals surface area contributed by atoms with Gasteiger partial charge in [0, 0.05) is 50.5 Å². The molecular weight excluding hydrogens is 462 g/mol. The molecule has 0 N–H and O–H groups in total. The zero-order chi connectivity index (χ0) is 24.6. The Balaban J connectivity index is 1.42. The maximum Gasteiger partial charge on any atom is 0.419 e. The van der Waals surface area contributed by atoms with Gasteiger partial charge in [0.15, 0.2) is 5.82 Å². The Hall–Kier alpha value is -3.50. The fourth-order valence-corrected chi connectivity index (χ4v) is 4.57. The third kappa shape index (κ3) is 4.85. The normalized spacial score (nSPS) is 18.9. The molecule has 2 saturated heterocycles. The summed E-state index contributed by atoms with van der Waals surface area (Å²) in [5.41, 5.74) is -0.0670. The molecule has 2 aliphatic heterocycles. The molecule has 0 bridgehead atoms. The van der Waals surface area contributed by atoms with E-state index in [1.165, 1.54) is 24.4 Å². The van der Waals surface area contributed by atoms with Crippen molar-refractivity contribution in [3.05, 3.63) is 54.0 Å². The van der Waals surface area contributed by atoms with Gasteiger partial charge in [0.2, 0.25) is 11.9 Å². The number of pyridine rings is 1. The monoisotopic (exact) mass is 487 g/mol. The summed E-state index contributed by atoms with van der Waals surface area (Å²) in [7, 11) is 0. The molecule has 0 aliphatic carbocycles. The van der Waals surface area contributed by atoms with Gasteiger partial charge in [0.25, 0.3) is 0 Å². The quantitative estimate of drug-likeness (QED) is 0.506. The van der Waals surface area contributed by atoms with Crippen molar-refractivity contribution in [2.24, 2.45) is 0 Å². The Morgan fingerprint density at radius 1 is 0.857 bits per heavy atom. The van der Waals surface area contributed by atoms with Crippen LogP contribution in [0.2, 0.25) is 0 Å². The van der Waals surface area contributed by atoms with Gasteiger partial charge in [-0.05, 0) is 56.2 Å². The number of benzene rings is 1. The van der Waals surface area contributed by atoms with E-state index in [1.54, 1.807) is 17.0 Å². The van der Waals surface area contributed by atoms with Crippen LogP contribution < -0.4 is 14.7 Å². The maximum absolute atomic E-state index is 13.5. The lowest BCUT2D eigenvalue weighted by molar-refractivity contribution is -0.137. The van der Waals surface area contributed by atoms with Crippen LogP contribution >= 0.6 is 0 Å². The fourth-order valence-electron chi connectivity index (χ4n) is 4.57. The molecule has 184 valence electrons. The first kappa shape index (κ1) is 23.3. The van der Waals surface area contributed by atoms with Crippen molar-refractivity contribution in [3.8, 4) is 11.4 Å². The fraction of sp³-hybridized carbons (Fsp3) is 0.417. The summed E-state index contributed by atoms with van der Waals surface area (Å²) < 4.78 is 53.9. The number of hydrogen-bond donors (Lipinski definition) is 0. The zero-order valence-electron chi connectivity index (χ0n) is 19.2. The van der Waals surface area contributed by atoms with Gasteiger partial charge >= 0.3 is 6.18 Å². The molecule has 2 aromatic heterocycles. The summed E-state index contributed by atoms with van der Waals surface area (Å²) in [6.45, 7) is 4.49. The van der Waals surface area contributed by atoms with E-state index in [9.17, 15) is 17.6 Å². The standard InChI is InChI=1S/C24H25F4N7/c1-16-4-3-11-35(16)23-31-20(17-6-8-18(25)9-7-17)30-22(32-23)34-14-12-33(13-15-34)21-19(24(26,27)28)5-2-10-29-21/h2,5-10,16H,3-4,11-15H2,1H3. The molecule has 4 heterocycles. The topological polar surface area (TPSA) is 61.3 Å². The van der Waals surface area contributed by atoms with E-state index in [4.69, 9.17) is 4.98 Å². The van der Waals surface area contributed by atoms with Crippen molar-refractivity contribution in [1.82, 2.24) is 19.9 Å². The van der Waals surface area contributed by atoms with Gasteiger partial charge in [-0.15, -0.1) is 0 Å². The molecule has 2 aliphatic rings. The van der Waals surface area contributed by atoms with Crippen molar-refractivity contribution in [2.45, 2.75) is 32.0 Å². The predicted octanol–water partition coefficient (Wildman–Crippen LogP) is 4.41. The molecule has 1 atom stereocenters. The zero-order valence-corrected chi connectivity index (χ0v) is 19.2. The smallest absolute Gasteiger partial charge is 0.353 e. The van der Waals surface area contributed by atoms with Crippen molar-refractivity contribution < 1.29 is 17.6 Å². The molecular formula is C24H25F4N7. The van der Waals surface area contributed by atoms with E-state index in [-0.39, 0.29) is 17.7 Å². The number of rotatable bonds is 4. The second kappa shape index (κ2) is 9.27. The summed E-state index contributed by atoms with van der Waals surface area (Å²) in [4.78, 5) is 23.8. The molecule has 7 nitrogen and oxygen atoms in total. The van der Waals surface area contributed by atoms with Crippen LogP contribution in [0.15, 0.2) is 42.6 Å². The molecule has 0 spiro atoms. The highest BCUT2D eigenvalue weighted by atomic mass is 19.4. The van der Waals surface area contributed by atoms with Crippen LogP contribution in [-0.4, -0.2) is 58.7 Å². The van der Waals surface area contributed by atoms with Crippen LogP contribution in [0, 0.1) is 5.82 Å². The Morgan fingerprint density at radius 2 is 1.54 bits per heavy atom. The van der Waals surface area contributed by atoms with Crippen LogP contribution in [0.25, 0.3) is 11.4 Å². The first-order chi connectivity index (χ1) is 16.8. The highest BCUT2D eigenvalue weighted by Crippen LogP contribution is 2.35. The molecule has 5 rings (SSSR count). The first-order valence-corrected chi connectivity index (χ1v) is 11.6. The highest BCUT2D eigenvalue weighted by molar-refractivity contribution is 5.59. The van der Waals surface area contributed by atoms with Crippen LogP contribution in [0.1, 0.15) is 25.3 Å². The average molecular weight is 488 g/mol. The summed E-state index contributed by atoms with van der Waals surface area (Å²) in [5, 5.41) is 0. The number of alkyl halides is 3. The number of aromatic nitrogens is 4. The molecule has 0 amide bonds. The molecule has 0 saturated carbocycles. The molecule has 3 aromatic rings. The molecule has 1 aromatic carbocycles. The number of anilines is 3. The second-order valence-corrected chi connectivity index (χ2v) is 8.80. The Bertz CT molecular complexity index is 1180. The second-order valence-electron chi connectivity index (χ2n) is 8.80. The maximum atomic E-state index is 13.5. The van der Waals surface area contributed by atoms with E-state index >= 15 is 0 Å². The molecule has 1 unspecified atom stereocenters. The van der Waals surface area contributed by atoms with E-state index in [0.29, 0.717) is 49.5 Å². The van der Waals surface area contributed by atoms with Crippen LogP contribution in [-0.2, 0) is 6.18 Å². The first-order valence-electron chi connectivity index (χ1n) is 11.6. The van der Waals surface area contributed by atoms with Gasteiger partial charge in [-0.1, -0.05) is 0 Å².